The first kappa shape index (κ1) is 19.1. The SMILES string of the molecule is COc1ccc(C(C)(C)NCC(=O)Nc2cc(Cl)ccc2OC)cc1. The Bertz CT molecular complexity index is 730. The molecule has 2 aromatic carbocycles. The van der Waals surface area contributed by atoms with Crippen molar-refractivity contribution in [2.75, 3.05) is 26.1 Å². The molecule has 0 aliphatic rings. The molecule has 0 bridgehead atoms. The highest BCUT2D eigenvalue weighted by molar-refractivity contribution is 6.31. The highest BCUT2D eigenvalue weighted by Gasteiger charge is 2.21. The van der Waals surface area contributed by atoms with Crippen LogP contribution >= 0.6 is 11.6 Å². The van der Waals surface area contributed by atoms with Gasteiger partial charge in [-0.2, -0.15) is 0 Å². The summed E-state index contributed by atoms with van der Waals surface area (Å²) in [4.78, 5) is 12.3. The minimum atomic E-state index is -0.373. The van der Waals surface area contributed by atoms with E-state index < -0.39 is 0 Å². The zero-order chi connectivity index (χ0) is 18.4. The van der Waals surface area contributed by atoms with E-state index in [1.54, 1.807) is 32.4 Å². The number of anilines is 1. The van der Waals surface area contributed by atoms with Crippen LogP contribution in [0.2, 0.25) is 5.02 Å². The van der Waals surface area contributed by atoms with Crippen LogP contribution in [0, 0.1) is 0 Å². The molecule has 25 heavy (non-hydrogen) atoms. The van der Waals surface area contributed by atoms with Gasteiger partial charge in [0.2, 0.25) is 5.91 Å². The maximum absolute atomic E-state index is 12.3. The lowest BCUT2D eigenvalue weighted by molar-refractivity contribution is -0.115. The minimum absolute atomic E-state index is 0.148. The van der Waals surface area contributed by atoms with Crippen LogP contribution in [0.4, 0.5) is 5.69 Å². The van der Waals surface area contributed by atoms with Gasteiger partial charge >= 0.3 is 0 Å². The second-order valence-corrected chi connectivity index (χ2v) is 6.54. The van der Waals surface area contributed by atoms with Crippen molar-refractivity contribution in [3.05, 3.63) is 53.1 Å². The average Bonchev–Trinajstić information content (AvgIpc) is 2.60. The van der Waals surface area contributed by atoms with Gasteiger partial charge in [0.1, 0.15) is 11.5 Å². The summed E-state index contributed by atoms with van der Waals surface area (Å²) < 4.78 is 10.4. The second kappa shape index (κ2) is 8.23. The molecule has 134 valence electrons. The summed E-state index contributed by atoms with van der Waals surface area (Å²) in [6, 6.07) is 12.8. The Morgan fingerprint density at radius 3 is 2.36 bits per heavy atom. The molecule has 0 unspecified atom stereocenters. The van der Waals surface area contributed by atoms with Crippen molar-refractivity contribution < 1.29 is 14.3 Å². The number of hydrogen-bond acceptors (Lipinski definition) is 4. The van der Waals surface area contributed by atoms with Gasteiger partial charge in [-0.05, 0) is 49.7 Å². The van der Waals surface area contributed by atoms with Gasteiger partial charge in [-0.3, -0.25) is 10.1 Å². The van der Waals surface area contributed by atoms with Crippen LogP contribution in [-0.4, -0.2) is 26.7 Å². The van der Waals surface area contributed by atoms with Gasteiger partial charge in [0, 0.05) is 10.6 Å². The average molecular weight is 363 g/mol. The van der Waals surface area contributed by atoms with Crippen molar-refractivity contribution in [1.29, 1.82) is 0 Å². The maximum atomic E-state index is 12.3. The second-order valence-electron chi connectivity index (χ2n) is 6.10. The highest BCUT2D eigenvalue weighted by atomic mass is 35.5. The fraction of sp³-hybridized carbons (Fsp3) is 0.316. The van der Waals surface area contributed by atoms with Crippen LogP contribution in [0.3, 0.4) is 0 Å². The minimum Gasteiger partial charge on any atom is -0.497 e. The summed E-state index contributed by atoms with van der Waals surface area (Å²) in [6.45, 7) is 4.18. The van der Waals surface area contributed by atoms with Crippen molar-refractivity contribution in [2.45, 2.75) is 19.4 Å². The number of methoxy groups -OCH3 is 2. The molecular weight excluding hydrogens is 340 g/mol. The Morgan fingerprint density at radius 2 is 1.76 bits per heavy atom. The number of carbonyl (C=O) groups is 1. The summed E-state index contributed by atoms with van der Waals surface area (Å²) in [5.41, 5.74) is 1.23. The highest BCUT2D eigenvalue weighted by Crippen LogP contribution is 2.27. The van der Waals surface area contributed by atoms with Crippen LogP contribution in [0.1, 0.15) is 19.4 Å². The summed E-state index contributed by atoms with van der Waals surface area (Å²) >= 11 is 5.98. The van der Waals surface area contributed by atoms with E-state index >= 15 is 0 Å². The van der Waals surface area contributed by atoms with E-state index in [0.29, 0.717) is 16.5 Å². The summed E-state index contributed by atoms with van der Waals surface area (Å²) in [7, 11) is 3.18. The summed E-state index contributed by atoms with van der Waals surface area (Å²) in [6.07, 6.45) is 0. The van der Waals surface area contributed by atoms with Crippen molar-refractivity contribution in [2.24, 2.45) is 0 Å². The molecule has 0 radical (unpaired) electrons. The maximum Gasteiger partial charge on any atom is 0.238 e. The number of ether oxygens (including phenoxy) is 2. The van der Waals surface area contributed by atoms with Gasteiger partial charge in [-0.15, -0.1) is 0 Å². The molecule has 2 aromatic rings. The molecule has 0 saturated heterocycles. The number of halogens is 1. The third kappa shape index (κ3) is 5.11. The summed E-state index contributed by atoms with van der Waals surface area (Å²) in [5.74, 6) is 1.18. The number of carbonyl (C=O) groups excluding carboxylic acids is 1. The molecule has 0 fully saturated rings. The van der Waals surface area contributed by atoms with Crippen molar-refractivity contribution in [3.63, 3.8) is 0 Å². The van der Waals surface area contributed by atoms with Crippen molar-refractivity contribution >= 4 is 23.2 Å². The van der Waals surface area contributed by atoms with Crippen molar-refractivity contribution in [3.8, 4) is 11.5 Å². The van der Waals surface area contributed by atoms with E-state index in [1.807, 2.05) is 38.1 Å². The predicted octanol–water partition coefficient (Wildman–Crippen LogP) is 3.82. The first-order chi connectivity index (χ1) is 11.9. The normalized spacial score (nSPS) is 11.1. The number of amides is 1. The number of benzene rings is 2. The fourth-order valence-electron chi connectivity index (χ4n) is 2.38. The molecule has 0 aliphatic carbocycles. The molecule has 5 nitrogen and oxygen atoms in total. The molecule has 2 rings (SSSR count). The number of nitrogens with one attached hydrogen (secondary N) is 2. The van der Waals surface area contributed by atoms with Crippen molar-refractivity contribution in [1.82, 2.24) is 5.32 Å². The molecule has 6 heteroatoms. The van der Waals surface area contributed by atoms with Crippen LogP contribution in [0.5, 0.6) is 11.5 Å². The molecule has 2 N–H and O–H groups in total. The van der Waals surface area contributed by atoms with E-state index in [4.69, 9.17) is 21.1 Å². The van der Waals surface area contributed by atoms with E-state index in [2.05, 4.69) is 10.6 Å². The largest absolute Gasteiger partial charge is 0.497 e. The van der Waals surface area contributed by atoms with Gasteiger partial charge < -0.3 is 14.8 Å². The first-order valence-corrected chi connectivity index (χ1v) is 8.26. The van der Waals surface area contributed by atoms with Gasteiger partial charge in [-0.1, -0.05) is 23.7 Å². The number of rotatable bonds is 7. The number of hydrogen-bond donors (Lipinski definition) is 2. The van der Waals surface area contributed by atoms with E-state index in [-0.39, 0.29) is 18.0 Å². The lowest BCUT2D eigenvalue weighted by Crippen LogP contribution is -2.41. The van der Waals surface area contributed by atoms with Gasteiger partial charge in [0.05, 0.1) is 26.5 Å². The van der Waals surface area contributed by atoms with E-state index in [1.165, 1.54) is 0 Å². The third-order valence-corrected chi connectivity index (χ3v) is 4.17. The van der Waals surface area contributed by atoms with Gasteiger partial charge in [0.25, 0.3) is 0 Å². The lowest BCUT2D eigenvalue weighted by atomic mass is 9.94. The Balaban J connectivity index is 1.99. The summed E-state index contributed by atoms with van der Waals surface area (Å²) in [5, 5.41) is 6.60. The molecular formula is C19H23ClN2O3. The molecule has 1 amide bonds. The van der Waals surface area contributed by atoms with Crippen LogP contribution in [0.15, 0.2) is 42.5 Å². The van der Waals surface area contributed by atoms with Gasteiger partial charge in [-0.25, -0.2) is 0 Å². The smallest absolute Gasteiger partial charge is 0.238 e. The lowest BCUT2D eigenvalue weighted by Gasteiger charge is -2.27. The quantitative estimate of drug-likeness (QED) is 0.786. The molecule has 0 aromatic heterocycles. The van der Waals surface area contributed by atoms with Crippen LogP contribution in [0.25, 0.3) is 0 Å². The molecule has 0 atom stereocenters. The molecule has 0 saturated carbocycles. The van der Waals surface area contributed by atoms with E-state index in [0.717, 1.165) is 11.3 Å². The van der Waals surface area contributed by atoms with Crippen LogP contribution in [-0.2, 0) is 10.3 Å². The van der Waals surface area contributed by atoms with E-state index in [9.17, 15) is 4.79 Å². The zero-order valence-electron chi connectivity index (χ0n) is 14.9. The first-order valence-electron chi connectivity index (χ1n) is 7.88. The van der Waals surface area contributed by atoms with Crippen LogP contribution < -0.4 is 20.1 Å². The molecule has 0 heterocycles. The Morgan fingerprint density at radius 1 is 1.08 bits per heavy atom. The standard InChI is InChI=1S/C19H23ClN2O3/c1-19(2,13-5-8-15(24-3)9-6-13)21-12-18(23)22-16-11-14(20)7-10-17(16)25-4/h5-11,21H,12H2,1-4H3,(H,22,23). The topological polar surface area (TPSA) is 59.6 Å². The Kier molecular flexibility index (Phi) is 6.28. The fourth-order valence-corrected chi connectivity index (χ4v) is 2.56. The zero-order valence-corrected chi connectivity index (χ0v) is 15.6. The molecule has 0 spiro atoms. The predicted molar refractivity (Wildman–Crippen MR) is 101 cm³/mol. The monoisotopic (exact) mass is 362 g/mol. The molecule has 0 aliphatic heterocycles. The Hall–Kier alpha value is -2.24. The Labute approximate surface area is 153 Å². The van der Waals surface area contributed by atoms with Gasteiger partial charge in [0.15, 0.2) is 0 Å². The third-order valence-electron chi connectivity index (χ3n) is 3.94.